The molecule has 8 nitrogen and oxygen atoms in total. The van der Waals surface area contributed by atoms with Gasteiger partial charge in [-0.3, -0.25) is 19.5 Å². The number of nitrogens with one attached hydrogen (secondary N) is 1. The zero-order chi connectivity index (χ0) is 22.6. The number of anilines is 1. The number of ether oxygens (including phenoxy) is 1. The number of hydrogen-bond acceptors (Lipinski definition) is 6. The highest BCUT2D eigenvalue weighted by molar-refractivity contribution is 5.82. The fraction of sp³-hybridized carbons (Fsp3) is 0.480. The Labute approximate surface area is 194 Å². The highest BCUT2D eigenvalue weighted by Gasteiger charge is 2.41. The summed E-state index contributed by atoms with van der Waals surface area (Å²) in [6.07, 6.45) is 4.22. The number of amides is 2. The average molecular weight is 450 g/mol. The zero-order valence-corrected chi connectivity index (χ0v) is 18.9. The number of para-hydroxylation sites is 1. The molecule has 2 atom stereocenters. The van der Waals surface area contributed by atoms with Crippen LogP contribution in [0.3, 0.4) is 0 Å². The molecule has 3 aliphatic rings. The lowest BCUT2D eigenvalue weighted by molar-refractivity contribution is -0.136. The molecular weight excluding hydrogens is 418 g/mol. The first kappa shape index (κ1) is 21.9. The molecule has 1 N–H and O–H groups in total. The minimum atomic E-state index is -0.169. The van der Waals surface area contributed by atoms with Crippen molar-refractivity contribution in [3.05, 3.63) is 59.9 Å². The molecule has 0 aliphatic carbocycles. The third-order valence-electron chi connectivity index (χ3n) is 6.96. The molecule has 0 radical (unpaired) electrons. The van der Waals surface area contributed by atoms with Crippen molar-refractivity contribution in [3.8, 4) is 0 Å². The lowest BCUT2D eigenvalue weighted by atomic mass is 9.83. The summed E-state index contributed by atoms with van der Waals surface area (Å²) < 4.78 is 5.38. The van der Waals surface area contributed by atoms with E-state index in [1.807, 2.05) is 23.1 Å². The van der Waals surface area contributed by atoms with E-state index in [4.69, 9.17) is 4.74 Å². The minimum Gasteiger partial charge on any atom is -0.378 e. The molecule has 2 saturated heterocycles. The number of hydrogen-bond donors (Lipinski definition) is 1. The first-order chi connectivity index (χ1) is 16.2. The van der Waals surface area contributed by atoms with Gasteiger partial charge in [0.05, 0.1) is 31.7 Å². The molecule has 0 saturated carbocycles. The molecule has 0 spiro atoms. The van der Waals surface area contributed by atoms with E-state index in [9.17, 15) is 9.59 Å². The summed E-state index contributed by atoms with van der Waals surface area (Å²) in [6.45, 7) is 5.73. The van der Waals surface area contributed by atoms with E-state index in [-0.39, 0.29) is 23.8 Å². The van der Waals surface area contributed by atoms with Gasteiger partial charge >= 0.3 is 0 Å². The second-order valence-electron chi connectivity index (χ2n) is 9.01. The number of piperazine rings is 1. The summed E-state index contributed by atoms with van der Waals surface area (Å²) in [6, 6.07) is 12.3. The number of pyridine rings is 1. The van der Waals surface area contributed by atoms with Gasteiger partial charge in [-0.05, 0) is 29.7 Å². The number of carbonyl (C=O) groups is 2. The first-order valence-electron chi connectivity index (χ1n) is 11.8. The summed E-state index contributed by atoms with van der Waals surface area (Å²) in [5.74, 6) is 0.0445. The molecule has 8 heteroatoms. The SMILES string of the molecule is O=C(NCc1cccnc1)C1Cc2ccccc2N2CCN(CC(=O)N3CCOCC3)CC12. The monoisotopic (exact) mass is 449 g/mol. The highest BCUT2D eigenvalue weighted by atomic mass is 16.5. The van der Waals surface area contributed by atoms with E-state index in [0.29, 0.717) is 52.4 Å². The largest absolute Gasteiger partial charge is 0.378 e. The number of benzene rings is 1. The van der Waals surface area contributed by atoms with E-state index in [2.05, 4.69) is 38.3 Å². The molecule has 2 aromatic rings. The predicted octanol–water partition coefficient (Wildman–Crippen LogP) is 0.920. The Morgan fingerprint density at radius 2 is 1.91 bits per heavy atom. The van der Waals surface area contributed by atoms with Gasteiger partial charge in [-0.15, -0.1) is 0 Å². The number of fused-ring (bicyclic) bond motifs is 3. The summed E-state index contributed by atoms with van der Waals surface area (Å²) in [5.41, 5.74) is 3.42. The standard InChI is InChI=1S/C25H31N5O3/c31-24(29-10-12-33-13-11-29)18-28-8-9-30-22-6-2-1-5-20(22)14-21(23(30)17-28)25(32)27-16-19-4-3-7-26-15-19/h1-7,15,21,23H,8-14,16-18H2,(H,27,32). The number of aromatic nitrogens is 1. The fourth-order valence-electron chi connectivity index (χ4n) is 5.19. The molecule has 33 heavy (non-hydrogen) atoms. The van der Waals surface area contributed by atoms with E-state index in [1.54, 1.807) is 12.4 Å². The van der Waals surface area contributed by atoms with Crippen LogP contribution in [0.4, 0.5) is 5.69 Å². The minimum absolute atomic E-state index is 0.0417. The summed E-state index contributed by atoms with van der Waals surface area (Å²) in [7, 11) is 0. The summed E-state index contributed by atoms with van der Waals surface area (Å²) in [4.78, 5) is 36.8. The van der Waals surface area contributed by atoms with Crippen LogP contribution in [0.2, 0.25) is 0 Å². The van der Waals surface area contributed by atoms with Crippen LogP contribution in [0.5, 0.6) is 0 Å². The smallest absolute Gasteiger partial charge is 0.236 e. The molecule has 1 aromatic carbocycles. The molecular formula is C25H31N5O3. The van der Waals surface area contributed by atoms with Crippen molar-refractivity contribution in [2.75, 3.05) is 57.4 Å². The van der Waals surface area contributed by atoms with Gasteiger partial charge in [-0.25, -0.2) is 0 Å². The van der Waals surface area contributed by atoms with E-state index >= 15 is 0 Å². The molecule has 3 aliphatic heterocycles. The van der Waals surface area contributed by atoms with Gasteiger partial charge in [0.25, 0.3) is 0 Å². The molecule has 2 amide bonds. The van der Waals surface area contributed by atoms with Crippen molar-refractivity contribution >= 4 is 17.5 Å². The Morgan fingerprint density at radius 1 is 1.06 bits per heavy atom. The third kappa shape index (κ3) is 4.86. The first-order valence-corrected chi connectivity index (χ1v) is 11.8. The van der Waals surface area contributed by atoms with Gasteiger partial charge in [0, 0.05) is 57.3 Å². The van der Waals surface area contributed by atoms with Gasteiger partial charge in [0.2, 0.25) is 11.8 Å². The Bertz CT molecular complexity index is 979. The van der Waals surface area contributed by atoms with Crippen molar-refractivity contribution in [1.29, 1.82) is 0 Å². The second kappa shape index (κ2) is 9.89. The molecule has 1 aromatic heterocycles. The van der Waals surface area contributed by atoms with Crippen LogP contribution >= 0.6 is 0 Å². The Kier molecular flexibility index (Phi) is 6.55. The number of morpholine rings is 1. The Morgan fingerprint density at radius 3 is 2.73 bits per heavy atom. The van der Waals surface area contributed by atoms with Crippen molar-refractivity contribution in [1.82, 2.24) is 20.1 Å². The van der Waals surface area contributed by atoms with Gasteiger partial charge in [0.15, 0.2) is 0 Å². The van der Waals surface area contributed by atoms with Crippen molar-refractivity contribution in [2.45, 2.75) is 19.0 Å². The van der Waals surface area contributed by atoms with Crippen LogP contribution in [0.25, 0.3) is 0 Å². The van der Waals surface area contributed by atoms with Gasteiger partial charge in [-0.2, -0.15) is 0 Å². The third-order valence-corrected chi connectivity index (χ3v) is 6.96. The number of nitrogens with zero attached hydrogens (tertiary/aromatic N) is 4. The van der Waals surface area contributed by atoms with Crippen LogP contribution < -0.4 is 10.2 Å². The molecule has 174 valence electrons. The average Bonchev–Trinajstić information content (AvgIpc) is 2.88. The van der Waals surface area contributed by atoms with E-state index in [1.165, 1.54) is 11.3 Å². The maximum absolute atomic E-state index is 13.3. The molecule has 0 bridgehead atoms. The fourth-order valence-corrected chi connectivity index (χ4v) is 5.19. The zero-order valence-electron chi connectivity index (χ0n) is 18.9. The molecule has 2 fully saturated rings. The lowest BCUT2D eigenvalue weighted by Gasteiger charge is -2.49. The van der Waals surface area contributed by atoms with Gasteiger partial charge in [-0.1, -0.05) is 24.3 Å². The van der Waals surface area contributed by atoms with Crippen LogP contribution in [-0.4, -0.2) is 85.1 Å². The van der Waals surface area contributed by atoms with E-state index < -0.39 is 0 Å². The maximum atomic E-state index is 13.3. The summed E-state index contributed by atoms with van der Waals surface area (Å²) in [5, 5.41) is 3.13. The van der Waals surface area contributed by atoms with Crippen LogP contribution in [0, 0.1) is 5.92 Å². The van der Waals surface area contributed by atoms with Crippen molar-refractivity contribution < 1.29 is 14.3 Å². The molecule has 5 rings (SSSR count). The second-order valence-corrected chi connectivity index (χ2v) is 9.01. The lowest BCUT2D eigenvalue weighted by Crippen LogP contribution is -2.62. The molecule has 2 unspecified atom stereocenters. The van der Waals surface area contributed by atoms with Crippen molar-refractivity contribution in [2.24, 2.45) is 5.92 Å². The Balaban J connectivity index is 1.30. The van der Waals surface area contributed by atoms with Gasteiger partial charge in [0.1, 0.15) is 0 Å². The van der Waals surface area contributed by atoms with E-state index in [0.717, 1.165) is 18.7 Å². The quantitative estimate of drug-likeness (QED) is 0.732. The van der Waals surface area contributed by atoms with Gasteiger partial charge < -0.3 is 19.9 Å². The topological polar surface area (TPSA) is 78.0 Å². The number of carbonyl (C=O) groups excluding carboxylic acids is 2. The van der Waals surface area contributed by atoms with Crippen molar-refractivity contribution in [3.63, 3.8) is 0 Å². The maximum Gasteiger partial charge on any atom is 0.236 e. The van der Waals surface area contributed by atoms with Crippen LogP contribution in [-0.2, 0) is 27.3 Å². The normalized spacial score (nSPS) is 22.9. The highest BCUT2D eigenvalue weighted by Crippen LogP contribution is 2.36. The van der Waals surface area contributed by atoms with Crippen LogP contribution in [0.15, 0.2) is 48.8 Å². The number of rotatable bonds is 5. The molecule has 4 heterocycles. The van der Waals surface area contributed by atoms with Crippen LogP contribution in [0.1, 0.15) is 11.1 Å². The predicted molar refractivity (Wildman–Crippen MR) is 125 cm³/mol. The summed E-state index contributed by atoms with van der Waals surface area (Å²) >= 11 is 0. The Hall–Kier alpha value is -2.97.